The first-order valence-electron chi connectivity index (χ1n) is 10.4. The Morgan fingerprint density at radius 1 is 1.21 bits per heavy atom. The molecule has 154 valence electrons. The first kappa shape index (κ1) is 20.6. The molecule has 1 aromatic carbocycles. The third-order valence-corrected chi connectivity index (χ3v) is 5.08. The molecule has 0 spiro atoms. The van der Waals surface area contributed by atoms with E-state index in [4.69, 9.17) is 0 Å². The van der Waals surface area contributed by atoms with Gasteiger partial charge in [0.2, 0.25) is 5.91 Å². The van der Waals surface area contributed by atoms with E-state index in [2.05, 4.69) is 25.4 Å². The Bertz CT molecular complexity index is 639. The van der Waals surface area contributed by atoms with Crippen molar-refractivity contribution in [2.45, 2.75) is 38.3 Å². The lowest BCUT2D eigenvalue weighted by Gasteiger charge is -2.36. The SMILES string of the molecule is CCNC(=NCC(O)Cc1ccccc1)N1CCN(CC(=O)NC2CC2)CC1. The van der Waals surface area contributed by atoms with Crippen LogP contribution in [0.3, 0.4) is 0 Å². The third-order valence-electron chi connectivity index (χ3n) is 5.08. The van der Waals surface area contributed by atoms with Crippen molar-refractivity contribution >= 4 is 11.9 Å². The molecule has 1 aliphatic carbocycles. The molecule has 0 radical (unpaired) electrons. The van der Waals surface area contributed by atoms with Crippen molar-refractivity contribution in [2.75, 3.05) is 45.8 Å². The summed E-state index contributed by atoms with van der Waals surface area (Å²) >= 11 is 0. The number of piperazine rings is 1. The highest BCUT2D eigenvalue weighted by Gasteiger charge is 2.26. The highest BCUT2D eigenvalue weighted by molar-refractivity contribution is 5.80. The van der Waals surface area contributed by atoms with E-state index < -0.39 is 6.10 Å². The molecule has 1 aromatic rings. The second-order valence-electron chi connectivity index (χ2n) is 7.64. The van der Waals surface area contributed by atoms with Crippen molar-refractivity contribution < 1.29 is 9.90 Å². The van der Waals surface area contributed by atoms with Gasteiger partial charge in [-0.25, -0.2) is 0 Å². The van der Waals surface area contributed by atoms with Gasteiger partial charge in [0.05, 0.1) is 19.2 Å². The Hall–Kier alpha value is -2.12. The normalized spacial score (nSPS) is 19.4. The minimum Gasteiger partial charge on any atom is -0.391 e. The predicted octanol–water partition coefficient (Wildman–Crippen LogP) is 0.452. The molecule has 1 saturated heterocycles. The average molecular weight is 388 g/mol. The van der Waals surface area contributed by atoms with Crippen LogP contribution >= 0.6 is 0 Å². The van der Waals surface area contributed by atoms with E-state index in [1.165, 1.54) is 0 Å². The van der Waals surface area contributed by atoms with E-state index in [1.54, 1.807) is 0 Å². The maximum Gasteiger partial charge on any atom is 0.234 e. The van der Waals surface area contributed by atoms with Crippen LogP contribution in [-0.2, 0) is 11.2 Å². The molecular weight excluding hydrogens is 354 g/mol. The molecule has 1 unspecified atom stereocenters. The Balaban J connectivity index is 1.45. The molecule has 1 saturated carbocycles. The van der Waals surface area contributed by atoms with E-state index in [0.29, 0.717) is 25.6 Å². The number of aliphatic hydroxyl groups excluding tert-OH is 1. The van der Waals surface area contributed by atoms with Crippen molar-refractivity contribution in [1.29, 1.82) is 0 Å². The molecule has 3 N–H and O–H groups in total. The summed E-state index contributed by atoms with van der Waals surface area (Å²) in [5.74, 6) is 0.984. The topological polar surface area (TPSA) is 80.2 Å². The van der Waals surface area contributed by atoms with Crippen LogP contribution in [0.1, 0.15) is 25.3 Å². The zero-order valence-corrected chi connectivity index (χ0v) is 16.8. The summed E-state index contributed by atoms with van der Waals surface area (Å²) < 4.78 is 0. The molecule has 7 heteroatoms. The van der Waals surface area contributed by atoms with Crippen LogP contribution in [0.5, 0.6) is 0 Å². The van der Waals surface area contributed by atoms with Crippen LogP contribution in [-0.4, -0.2) is 84.7 Å². The molecule has 2 aliphatic rings. The van der Waals surface area contributed by atoms with Gasteiger partial charge in [-0.05, 0) is 25.3 Å². The molecule has 3 rings (SSSR count). The molecule has 28 heavy (non-hydrogen) atoms. The molecule has 1 amide bonds. The highest BCUT2D eigenvalue weighted by atomic mass is 16.3. The molecule has 1 aliphatic heterocycles. The van der Waals surface area contributed by atoms with E-state index >= 15 is 0 Å². The molecular formula is C21H33N5O2. The minimum atomic E-state index is -0.497. The number of rotatable bonds is 8. The third kappa shape index (κ3) is 6.80. The maximum absolute atomic E-state index is 12.0. The number of nitrogens with zero attached hydrogens (tertiary/aromatic N) is 3. The zero-order valence-electron chi connectivity index (χ0n) is 16.8. The number of hydrogen-bond acceptors (Lipinski definition) is 4. The molecule has 1 heterocycles. The molecule has 2 fully saturated rings. The smallest absolute Gasteiger partial charge is 0.234 e. The van der Waals surface area contributed by atoms with Crippen LogP contribution in [0.25, 0.3) is 0 Å². The number of guanidine groups is 1. The number of amides is 1. The van der Waals surface area contributed by atoms with E-state index in [-0.39, 0.29) is 5.91 Å². The second-order valence-corrected chi connectivity index (χ2v) is 7.64. The fraction of sp³-hybridized carbons (Fsp3) is 0.619. The van der Waals surface area contributed by atoms with Gasteiger partial charge in [0.1, 0.15) is 0 Å². The van der Waals surface area contributed by atoms with Crippen molar-refractivity contribution in [3.05, 3.63) is 35.9 Å². The number of aliphatic imine (C=N–C) groups is 1. The lowest BCUT2D eigenvalue weighted by molar-refractivity contribution is -0.122. The Kier molecular flexibility index (Phi) is 7.68. The van der Waals surface area contributed by atoms with Gasteiger partial charge in [-0.3, -0.25) is 14.7 Å². The van der Waals surface area contributed by atoms with Crippen molar-refractivity contribution in [2.24, 2.45) is 4.99 Å². The van der Waals surface area contributed by atoms with E-state index in [9.17, 15) is 9.90 Å². The van der Waals surface area contributed by atoms with Gasteiger partial charge in [-0.15, -0.1) is 0 Å². The molecule has 1 atom stereocenters. The van der Waals surface area contributed by atoms with Gasteiger partial charge in [0, 0.05) is 45.2 Å². The highest BCUT2D eigenvalue weighted by Crippen LogP contribution is 2.18. The summed E-state index contributed by atoms with van der Waals surface area (Å²) in [5.41, 5.74) is 1.12. The van der Waals surface area contributed by atoms with E-state index in [0.717, 1.165) is 57.1 Å². The van der Waals surface area contributed by atoms with Crippen LogP contribution in [0.4, 0.5) is 0 Å². The maximum atomic E-state index is 12.0. The fourth-order valence-corrected chi connectivity index (χ4v) is 3.39. The first-order chi connectivity index (χ1) is 13.6. The first-order valence-corrected chi connectivity index (χ1v) is 10.4. The summed E-state index contributed by atoms with van der Waals surface area (Å²) in [6.45, 7) is 7.04. The standard InChI is InChI=1S/C21H33N5O2/c1-2-22-21(23-15-19(27)14-17-6-4-3-5-7-17)26-12-10-25(11-13-26)16-20(28)24-18-8-9-18/h3-7,18-19,27H,2,8-16H2,1H3,(H,22,23)(H,24,28). The predicted molar refractivity (Wildman–Crippen MR) is 111 cm³/mol. The quantitative estimate of drug-likeness (QED) is 0.446. The Labute approximate surface area is 167 Å². The largest absolute Gasteiger partial charge is 0.391 e. The number of carbonyl (C=O) groups excluding carboxylic acids is 1. The van der Waals surface area contributed by atoms with Gasteiger partial charge in [-0.1, -0.05) is 30.3 Å². The van der Waals surface area contributed by atoms with Gasteiger partial charge in [0.15, 0.2) is 5.96 Å². The second kappa shape index (κ2) is 10.4. The molecule has 0 bridgehead atoms. The van der Waals surface area contributed by atoms with Gasteiger partial charge in [0.25, 0.3) is 0 Å². The van der Waals surface area contributed by atoms with Crippen LogP contribution in [0.2, 0.25) is 0 Å². The van der Waals surface area contributed by atoms with Crippen molar-refractivity contribution in [1.82, 2.24) is 20.4 Å². The summed E-state index contributed by atoms with van der Waals surface area (Å²) in [5, 5.41) is 16.7. The molecule has 7 nitrogen and oxygen atoms in total. The van der Waals surface area contributed by atoms with Crippen molar-refractivity contribution in [3.63, 3.8) is 0 Å². The number of carbonyl (C=O) groups is 1. The lowest BCUT2D eigenvalue weighted by Crippen LogP contribution is -2.54. The summed E-state index contributed by atoms with van der Waals surface area (Å²) in [6.07, 6.45) is 2.35. The van der Waals surface area contributed by atoms with Gasteiger partial charge < -0.3 is 20.6 Å². The number of benzene rings is 1. The number of nitrogens with one attached hydrogen (secondary N) is 2. The summed E-state index contributed by atoms with van der Waals surface area (Å²) in [4.78, 5) is 21.0. The minimum absolute atomic E-state index is 0.139. The lowest BCUT2D eigenvalue weighted by atomic mass is 10.1. The van der Waals surface area contributed by atoms with E-state index in [1.807, 2.05) is 37.3 Å². The number of hydrogen-bond donors (Lipinski definition) is 3. The van der Waals surface area contributed by atoms with Gasteiger partial charge in [-0.2, -0.15) is 0 Å². The van der Waals surface area contributed by atoms with Gasteiger partial charge >= 0.3 is 0 Å². The van der Waals surface area contributed by atoms with Crippen LogP contribution in [0, 0.1) is 0 Å². The van der Waals surface area contributed by atoms with Crippen molar-refractivity contribution in [3.8, 4) is 0 Å². The number of aliphatic hydroxyl groups is 1. The summed E-state index contributed by atoms with van der Waals surface area (Å²) in [7, 11) is 0. The van der Waals surface area contributed by atoms with Crippen LogP contribution < -0.4 is 10.6 Å². The Morgan fingerprint density at radius 3 is 2.57 bits per heavy atom. The Morgan fingerprint density at radius 2 is 1.93 bits per heavy atom. The average Bonchev–Trinajstić information content (AvgIpc) is 3.50. The van der Waals surface area contributed by atoms with Crippen LogP contribution in [0.15, 0.2) is 35.3 Å². The fourth-order valence-electron chi connectivity index (χ4n) is 3.39. The summed E-state index contributed by atoms with van der Waals surface area (Å²) in [6, 6.07) is 10.4. The zero-order chi connectivity index (χ0) is 19.8. The monoisotopic (exact) mass is 387 g/mol. The molecule has 0 aromatic heterocycles.